The molecular formula is C22H22FN9. The zero-order valence-corrected chi connectivity index (χ0v) is 17.5. The molecule has 0 spiro atoms. The molecular weight excluding hydrogens is 409 g/mol. The smallest absolute Gasteiger partial charge is 0.193 e. The summed E-state index contributed by atoms with van der Waals surface area (Å²) in [4.78, 5) is 8.30. The third-order valence-corrected chi connectivity index (χ3v) is 5.30. The fourth-order valence-corrected chi connectivity index (χ4v) is 3.32. The number of nitrogen functional groups attached to an aromatic ring is 1. The monoisotopic (exact) mass is 431 g/mol. The summed E-state index contributed by atoms with van der Waals surface area (Å²) in [6, 6.07) is 9.10. The van der Waals surface area contributed by atoms with Crippen LogP contribution in [-0.2, 0) is 13.1 Å². The Morgan fingerprint density at radius 2 is 2.22 bits per heavy atom. The summed E-state index contributed by atoms with van der Waals surface area (Å²) in [7, 11) is 0. The van der Waals surface area contributed by atoms with E-state index in [4.69, 9.17) is 11.3 Å². The van der Waals surface area contributed by atoms with E-state index < -0.39 is 5.82 Å². The van der Waals surface area contributed by atoms with Crippen molar-refractivity contribution in [3.8, 4) is 17.5 Å². The fourth-order valence-electron chi connectivity index (χ4n) is 3.32. The summed E-state index contributed by atoms with van der Waals surface area (Å²) < 4.78 is 16.7. The van der Waals surface area contributed by atoms with Crippen LogP contribution >= 0.6 is 0 Å². The summed E-state index contributed by atoms with van der Waals surface area (Å²) >= 11 is 0. The predicted molar refractivity (Wildman–Crippen MR) is 116 cm³/mol. The summed E-state index contributed by atoms with van der Waals surface area (Å²) in [5, 5.41) is 20.2. The number of nitrogens with two attached hydrogens (primary N) is 1. The second-order valence-corrected chi connectivity index (χ2v) is 7.68. The molecule has 0 radical (unpaired) electrons. The minimum atomic E-state index is -0.861. The molecule has 2 aromatic heterocycles. The lowest BCUT2D eigenvalue weighted by Gasteiger charge is -2.10. The highest BCUT2D eigenvalue weighted by Crippen LogP contribution is 2.30. The van der Waals surface area contributed by atoms with Gasteiger partial charge in [-0.05, 0) is 43.4 Å². The molecule has 10 heteroatoms. The molecule has 0 amide bonds. The molecule has 1 aliphatic rings. The lowest BCUT2D eigenvalue weighted by Crippen LogP contribution is -2.10. The lowest BCUT2D eigenvalue weighted by atomic mass is 10.0. The van der Waals surface area contributed by atoms with Gasteiger partial charge in [0.1, 0.15) is 11.4 Å². The van der Waals surface area contributed by atoms with E-state index in [0.29, 0.717) is 23.2 Å². The Morgan fingerprint density at radius 3 is 2.94 bits per heavy atom. The second kappa shape index (κ2) is 8.93. The molecule has 0 atom stereocenters. The standard InChI is InChI=1S/C22H22FN9/c1-13-15(9-24)3-2-4-17(13)22-28-20(19(23)21(25)29-22)18(30-26)11-27-10-16-7-8-32(31-16)12-14-5-6-14/h2-4,7-8,11,14,26-27H,5-6,10,12H2,1H3,(H2,25,28,29)/b18-11-,30-26?. The molecule has 4 N–H and O–H groups in total. The molecule has 0 saturated heterocycles. The van der Waals surface area contributed by atoms with Crippen LogP contribution in [0.4, 0.5) is 10.2 Å². The van der Waals surface area contributed by atoms with Gasteiger partial charge in [-0.2, -0.15) is 15.5 Å². The van der Waals surface area contributed by atoms with Crippen molar-refractivity contribution < 1.29 is 4.39 Å². The van der Waals surface area contributed by atoms with E-state index in [1.165, 1.54) is 19.0 Å². The number of nitrogens with zero attached hydrogens (tertiary/aromatic N) is 6. The average Bonchev–Trinajstić information content (AvgIpc) is 3.50. The van der Waals surface area contributed by atoms with Crippen LogP contribution in [0, 0.1) is 35.5 Å². The molecule has 3 aromatic rings. The van der Waals surface area contributed by atoms with Crippen LogP contribution in [0.3, 0.4) is 0 Å². The number of benzene rings is 1. The van der Waals surface area contributed by atoms with Gasteiger partial charge < -0.3 is 11.1 Å². The zero-order chi connectivity index (χ0) is 22.7. The Bertz CT molecular complexity index is 1230. The van der Waals surface area contributed by atoms with Crippen LogP contribution in [0.2, 0.25) is 0 Å². The quantitative estimate of drug-likeness (QED) is 0.464. The normalized spacial score (nSPS) is 13.6. The molecule has 1 saturated carbocycles. The van der Waals surface area contributed by atoms with Crippen molar-refractivity contribution in [1.82, 2.24) is 25.1 Å². The third kappa shape index (κ3) is 4.46. The first-order chi connectivity index (χ1) is 15.5. The maximum atomic E-state index is 14.7. The maximum absolute atomic E-state index is 14.7. The van der Waals surface area contributed by atoms with Gasteiger partial charge in [0.15, 0.2) is 17.5 Å². The van der Waals surface area contributed by atoms with E-state index in [0.717, 1.165) is 18.2 Å². The number of hydrogen-bond acceptors (Lipinski definition) is 8. The number of rotatable bonds is 8. The van der Waals surface area contributed by atoms with Crippen molar-refractivity contribution in [2.75, 3.05) is 5.73 Å². The Balaban J connectivity index is 1.58. The predicted octanol–water partition coefficient (Wildman–Crippen LogP) is 3.77. The Morgan fingerprint density at radius 1 is 1.41 bits per heavy atom. The highest BCUT2D eigenvalue weighted by Gasteiger charge is 2.22. The van der Waals surface area contributed by atoms with Crippen LogP contribution in [0.1, 0.15) is 35.4 Å². The fraction of sp³-hybridized carbons (Fsp3) is 0.273. The van der Waals surface area contributed by atoms with Gasteiger partial charge >= 0.3 is 0 Å². The SMILES string of the molecule is Cc1c(C#N)cccc1-c1nc(N)c(F)c(/C(=C/NCc2ccn(CC3CC3)n2)N=N)n1. The number of hydrogen-bond donors (Lipinski definition) is 3. The van der Waals surface area contributed by atoms with E-state index in [9.17, 15) is 9.65 Å². The summed E-state index contributed by atoms with van der Waals surface area (Å²) in [5.41, 5.74) is 15.5. The van der Waals surface area contributed by atoms with Crippen molar-refractivity contribution in [3.63, 3.8) is 0 Å². The molecule has 1 aliphatic carbocycles. The summed E-state index contributed by atoms with van der Waals surface area (Å²) in [6.45, 7) is 3.06. The molecule has 0 aliphatic heterocycles. The van der Waals surface area contributed by atoms with Gasteiger partial charge in [-0.25, -0.2) is 19.9 Å². The number of nitriles is 1. The van der Waals surface area contributed by atoms with Gasteiger partial charge in [-0.15, -0.1) is 0 Å². The van der Waals surface area contributed by atoms with Gasteiger partial charge in [-0.3, -0.25) is 4.68 Å². The highest BCUT2D eigenvalue weighted by atomic mass is 19.1. The van der Waals surface area contributed by atoms with E-state index in [2.05, 4.69) is 31.6 Å². The van der Waals surface area contributed by atoms with Gasteiger partial charge in [0.05, 0.1) is 23.9 Å². The number of aromatic nitrogens is 4. The molecule has 0 bridgehead atoms. The van der Waals surface area contributed by atoms with Crippen LogP contribution in [0.15, 0.2) is 41.8 Å². The van der Waals surface area contributed by atoms with Crippen LogP contribution in [0.25, 0.3) is 17.1 Å². The minimum absolute atomic E-state index is 0.0376. The maximum Gasteiger partial charge on any atom is 0.193 e. The van der Waals surface area contributed by atoms with Gasteiger partial charge in [0, 0.05) is 24.5 Å². The molecule has 2 heterocycles. The zero-order valence-electron chi connectivity index (χ0n) is 17.5. The van der Waals surface area contributed by atoms with Crippen LogP contribution in [-0.4, -0.2) is 19.7 Å². The van der Waals surface area contributed by atoms with Gasteiger partial charge in [0.2, 0.25) is 0 Å². The first-order valence-electron chi connectivity index (χ1n) is 10.2. The number of halogens is 1. The summed E-state index contributed by atoms with van der Waals surface area (Å²) in [5.74, 6) is -0.343. The Labute approximate surface area is 184 Å². The minimum Gasteiger partial charge on any atom is -0.383 e. The van der Waals surface area contributed by atoms with Crippen molar-refractivity contribution >= 4 is 11.5 Å². The first kappa shape index (κ1) is 21.1. The van der Waals surface area contributed by atoms with E-state index in [1.807, 2.05) is 16.9 Å². The van der Waals surface area contributed by atoms with Crippen molar-refractivity contribution in [2.24, 2.45) is 11.0 Å². The van der Waals surface area contributed by atoms with Gasteiger partial charge in [-0.1, -0.05) is 12.1 Å². The molecule has 32 heavy (non-hydrogen) atoms. The highest BCUT2D eigenvalue weighted by molar-refractivity contribution is 5.69. The molecule has 9 nitrogen and oxygen atoms in total. The van der Waals surface area contributed by atoms with E-state index >= 15 is 0 Å². The van der Waals surface area contributed by atoms with Crippen molar-refractivity contribution in [1.29, 1.82) is 10.8 Å². The largest absolute Gasteiger partial charge is 0.383 e. The van der Waals surface area contributed by atoms with E-state index in [1.54, 1.807) is 25.1 Å². The lowest BCUT2D eigenvalue weighted by molar-refractivity contribution is 0.554. The first-order valence-corrected chi connectivity index (χ1v) is 10.2. The third-order valence-electron chi connectivity index (χ3n) is 5.30. The van der Waals surface area contributed by atoms with E-state index in [-0.39, 0.29) is 23.0 Å². The summed E-state index contributed by atoms with van der Waals surface area (Å²) in [6.07, 6.45) is 5.84. The van der Waals surface area contributed by atoms with Gasteiger partial charge in [0.25, 0.3) is 0 Å². The van der Waals surface area contributed by atoms with Crippen molar-refractivity contribution in [3.05, 3.63) is 65.0 Å². The number of anilines is 1. The molecule has 1 aromatic carbocycles. The Kier molecular flexibility index (Phi) is 5.89. The second-order valence-electron chi connectivity index (χ2n) is 7.68. The molecule has 1 fully saturated rings. The van der Waals surface area contributed by atoms with Crippen molar-refractivity contribution in [2.45, 2.75) is 32.9 Å². The molecule has 162 valence electrons. The van der Waals surface area contributed by atoms with Crippen LogP contribution in [0.5, 0.6) is 0 Å². The average molecular weight is 431 g/mol. The molecule has 4 rings (SSSR count). The topological polar surface area (TPSA) is 142 Å². The molecule has 0 unspecified atom stereocenters. The number of nitrogens with one attached hydrogen (secondary N) is 2. The van der Waals surface area contributed by atoms with Crippen LogP contribution < -0.4 is 11.1 Å². The Hall–Kier alpha value is -4.13.